The van der Waals surface area contributed by atoms with Gasteiger partial charge in [-0.1, -0.05) is 5.16 Å². The van der Waals surface area contributed by atoms with Crippen molar-refractivity contribution in [2.45, 2.75) is 6.92 Å². The van der Waals surface area contributed by atoms with Gasteiger partial charge in [0.2, 0.25) is 6.41 Å². The van der Waals surface area contributed by atoms with Crippen molar-refractivity contribution in [2.75, 3.05) is 31.5 Å². The van der Waals surface area contributed by atoms with Crippen LogP contribution in [0.15, 0.2) is 23.0 Å². The summed E-state index contributed by atoms with van der Waals surface area (Å²) in [5.41, 5.74) is 0.270. The molecule has 0 radical (unpaired) electrons. The molecule has 2 amide bonds. The number of aryl methyl sites for hydroxylation is 1. The van der Waals surface area contributed by atoms with Crippen LogP contribution in [0.2, 0.25) is 0 Å². The third-order valence-electron chi connectivity index (χ3n) is 3.51. The Morgan fingerprint density at radius 1 is 1.22 bits per heavy atom. The van der Waals surface area contributed by atoms with Crippen LogP contribution >= 0.6 is 0 Å². The molecule has 9 heteroatoms. The van der Waals surface area contributed by atoms with Crippen molar-refractivity contribution < 1.29 is 14.1 Å². The average molecular weight is 316 g/mol. The summed E-state index contributed by atoms with van der Waals surface area (Å²) in [7, 11) is 0. The zero-order chi connectivity index (χ0) is 16.2. The predicted octanol–water partition coefficient (Wildman–Crippen LogP) is 0.431. The van der Waals surface area contributed by atoms with E-state index < -0.39 is 0 Å². The molecule has 9 nitrogen and oxygen atoms in total. The fraction of sp³-hybridized carbons (Fsp3) is 0.357. The Balaban J connectivity index is 1.62. The predicted molar refractivity (Wildman–Crippen MR) is 80.1 cm³/mol. The van der Waals surface area contributed by atoms with Gasteiger partial charge in [0, 0.05) is 32.2 Å². The highest BCUT2D eigenvalue weighted by atomic mass is 16.5. The van der Waals surface area contributed by atoms with Crippen LogP contribution in [0.3, 0.4) is 0 Å². The second-order valence-electron chi connectivity index (χ2n) is 5.17. The molecule has 3 heterocycles. The first-order chi connectivity index (χ1) is 11.2. The molecule has 1 N–H and O–H groups in total. The molecular weight excluding hydrogens is 300 g/mol. The maximum atomic E-state index is 12.3. The van der Waals surface area contributed by atoms with E-state index in [0.29, 0.717) is 43.6 Å². The van der Waals surface area contributed by atoms with Crippen LogP contribution in [-0.4, -0.2) is 63.4 Å². The highest BCUT2D eigenvalue weighted by Crippen LogP contribution is 2.13. The van der Waals surface area contributed by atoms with E-state index in [9.17, 15) is 9.59 Å². The molecule has 0 bridgehead atoms. The lowest BCUT2D eigenvalue weighted by Gasteiger charge is -2.32. The monoisotopic (exact) mass is 316 g/mol. The molecule has 0 unspecified atom stereocenters. The molecule has 0 aromatic carbocycles. The van der Waals surface area contributed by atoms with Crippen molar-refractivity contribution in [1.82, 2.24) is 24.9 Å². The van der Waals surface area contributed by atoms with Crippen molar-refractivity contribution >= 4 is 24.0 Å². The van der Waals surface area contributed by atoms with Crippen LogP contribution in [0, 0.1) is 6.92 Å². The molecule has 0 spiro atoms. The van der Waals surface area contributed by atoms with E-state index in [1.54, 1.807) is 22.8 Å². The van der Waals surface area contributed by atoms with E-state index in [0.717, 1.165) is 6.41 Å². The van der Waals surface area contributed by atoms with Crippen molar-refractivity contribution in [3.8, 4) is 0 Å². The molecule has 0 aliphatic carbocycles. The van der Waals surface area contributed by atoms with E-state index in [-0.39, 0.29) is 11.6 Å². The van der Waals surface area contributed by atoms with Gasteiger partial charge in [0.15, 0.2) is 5.82 Å². The number of hydrogen-bond acceptors (Lipinski definition) is 7. The Morgan fingerprint density at radius 2 is 2.00 bits per heavy atom. The third kappa shape index (κ3) is 3.44. The number of aromatic nitrogens is 3. The standard InChI is InChI=1S/C14H16N6O3/c1-10-6-12(18-23-10)17-13-8-15-11(7-16-13)14(22)20-4-2-19(9-21)3-5-20/h6-9H,2-5H2,1H3,(H,16,17,18). The molecule has 0 saturated carbocycles. The van der Waals surface area contributed by atoms with Crippen molar-refractivity contribution in [2.24, 2.45) is 0 Å². The molecule has 120 valence electrons. The Morgan fingerprint density at radius 3 is 2.57 bits per heavy atom. The van der Waals surface area contributed by atoms with Crippen molar-refractivity contribution in [1.29, 1.82) is 0 Å². The molecule has 2 aromatic rings. The van der Waals surface area contributed by atoms with Crippen molar-refractivity contribution in [3.63, 3.8) is 0 Å². The number of nitrogens with one attached hydrogen (secondary N) is 1. The van der Waals surface area contributed by atoms with Gasteiger partial charge in [-0.15, -0.1) is 0 Å². The number of amides is 2. The summed E-state index contributed by atoms with van der Waals surface area (Å²) in [4.78, 5) is 34.6. The minimum atomic E-state index is -0.188. The van der Waals surface area contributed by atoms with E-state index >= 15 is 0 Å². The first-order valence-corrected chi connectivity index (χ1v) is 7.17. The SMILES string of the molecule is Cc1cc(Nc2cnc(C(=O)N3CCN(C=O)CC3)cn2)no1. The molecule has 1 saturated heterocycles. The molecule has 3 rings (SSSR count). The van der Waals surface area contributed by atoms with Gasteiger partial charge in [0.1, 0.15) is 17.3 Å². The second kappa shape index (κ2) is 6.42. The maximum absolute atomic E-state index is 12.3. The molecule has 1 aliphatic heterocycles. The van der Waals surface area contributed by atoms with Gasteiger partial charge in [-0.3, -0.25) is 9.59 Å². The summed E-state index contributed by atoms with van der Waals surface area (Å²) >= 11 is 0. The summed E-state index contributed by atoms with van der Waals surface area (Å²) in [6.07, 6.45) is 3.69. The van der Waals surface area contributed by atoms with Crippen molar-refractivity contribution in [3.05, 3.63) is 29.9 Å². The Bertz CT molecular complexity index is 691. The number of piperazine rings is 1. The first-order valence-electron chi connectivity index (χ1n) is 7.17. The topological polar surface area (TPSA) is 104 Å². The number of rotatable bonds is 4. The lowest BCUT2D eigenvalue weighted by atomic mass is 10.3. The van der Waals surface area contributed by atoms with Gasteiger partial charge in [-0.05, 0) is 6.92 Å². The van der Waals surface area contributed by atoms with Crippen LogP contribution < -0.4 is 5.32 Å². The molecule has 23 heavy (non-hydrogen) atoms. The van der Waals surface area contributed by atoms with Crippen LogP contribution in [0.4, 0.5) is 11.6 Å². The van der Waals surface area contributed by atoms with Gasteiger partial charge >= 0.3 is 0 Å². The zero-order valence-corrected chi connectivity index (χ0v) is 12.6. The van der Waals surface area contributed by atoms with Gasteiger partial charge in [0.25, 0.3) is 5.91 Å². The molecule has 0 atom stereocenters. The summed E-state index contributed by atoms with van der Waals surface area (Å²) in [5, 5.41) is 6.73. The minimum absolute atomic E-state index is 0.188. The van der Waals surface area contributed by atoms with E-state index in [4.69, 9.17) is 4.52 Å². The average Bonchev–Trinajstić information content (AvgIpc) is 3.00. The second-order valence-corrected chi connectivity index (χ2v) is 5.17. The highest BCUT2D eigenvalue weighted by molar-refractivity contribution is 5.92. The number of anilines is 2. The van der Waals surface area contributed by atoms with Gasteiger partial charge in [-0.2, -0.15) is 0 Å². The molecule has 2 aromatic heterocycles. The summed E-state index contributed by atoms with van der Waals surface area (Å²) < 4.78 is 4.95. The minimum Gasteiger partial charge on any atom is -0.360 e. The van der Waals surface area contributed by atoms with E-state index in [2.05, 4.69) is 20.4 Å². The third-order valence-corrected chi connectivity index (χ3v) is 3.51. The summed E-state index contributed by atoms with van der Waals surface area (Å²) in [6.45, 7) is 3.85. The van der Waals surface area contributed by atoms with Crippen LogP contribution in [0.25, 0.3) is 0 Å². The van der Waals surface area contributed by atoms with E-state index in [1.807, 2.05) is 0 Å². The largest absolute Gasteiger partial charge is 0.360 e. The molecular formula is C14H16N6O3. The van der Waals surface area contributed by atoms with Gasteiger partial charge < -0.3 is 19.6 Å². The number of hydrogen-bond donors (Lipinski definition) is 1. The lowest BCUT2D eigenvalue weighted by molar-refractivity contribution is -0.119. The zero-order valence-electron chi connectivity index (χ0n) is 12.6. The quantitative estimate of drug-likeness (QED) is 0.816. The first kappa shape index (κ1) is 14.9. The fourth-order valence-electron chi connectivity index (χ4n) is 2.25. The van der Waals surface area contributed by atoms with E-state index in [1.165, 1.54) is 12.4 Å². The Labute approximate surface area is 132 Å². The maximum Gasteiger partial charge on any atom is 0.274 e. The van der Waals surface area contributed by atoms with Crippen LogP contribution in [0.1, 0.15) is 16.2 Å². The normalized spacial score (nSPS) is 14.7. The fourth-order valence-corrected chi connectivity index (χ4v) is 2.25. The summed E-state index contributed by atoms with van der Waals surface area (Å²) in [5.74, 6) is 1.50. The Kier molecular flexibility index (Phi) is 4.18. The van der Waals surface area contributed by atoms with Crippen LogP contribution in [0.5, 0.6) is 0 Å². The highest BCUT2D eigenvalue weighted by Gasteiger charge is 2.22. The van der Waals surface area contributed by atoms with Gasteiger partial charge in [0.05, 0.1) is 12.4 Å². The van der Waals surface area contributed by atoms with Gasteiger partial charge in [-0.25, -0.2) is 9.97 Å². The number of nitrogens with zero attached hydrogens (tertiary/aromatic N) is 5. The number of carbonyl (C=O) groups is 2. The number of carbonyl (C=O) groups excluding carboxylic acids is 2. The van der Waals surface area contributed by atoms with Crippen LogP contribution in [-0.2, 0) is 4.79 Å². The summed E-state index contributed by atoms with van der Waals surface area (Å²) in [6, 6.07) is 1.73. The lowest BCUT2D eigenvalue weighted by Crippen LogP contribution is -2.48. The molecule has 1 aliphatic rings. The molecule has 1 fully saturated rings. The smallest absolute Gasteiger partial charge is 0.274 e. The Hall–Kier alpha value is -2.97.